The summed E-state index contributed by atoms with van der Waals surface area (Å²) in [5.74, 6) is -1.87. The number of hydrogen-bond acceptors (Lipinski definition) is 6. The van der Waals surface area contributed by atoms with Gasteiger partial charge in [0.2, 0.25) is 0 Å². The molecule has 0 aliphatic heterocycles. The van der Waals surface area contributed by atoms with Crippen LogP contribution in [0.1, 0.15) is 15.9 Å². The fourth-order valence-electron chi connectivity index (χ4n) is 1.69. The normalized spacial score (nSPS) is 10.1. The molecule has 0 aromatic heterocycles. The van der Waals surface area contributed by atoms with E-state index in [9.17, 15) is 20.1 Å². The van der Waals surface area contributed by atoms with Crippen molar-refractivity contribution in [3.05, 3.63) is 47.5 Å². The molecule has 2 aromatic carbocycles. The molecule has 0 heterocycles. The summed E-state index contributed by atoms with van der Waals surface area (Å²) < 4.78 is 5.06. The largest absolute Gasteiger partial charge is 0.504 e. The number of halogens is 1. The molecule has 0 spiro atoms. The lowest BCUT2D eigenvalue weighted by Gasteiger charge is -2.04. The van der Waals surface area contributed by atoms with Crippen LogP contribution in [0.4, 0.5) is 0 Å². The Morgan fingerprint density at radius 3 is 2.43 bits per heavy atom. The zero-order valence-corrected chi connectivity index (χ0v) is 12.9. The van der Waals surface area contributed by atoms with E-state index in [0.29, 0.717) is 5.75 Å². The Morgan fingerprint density at radius 1 is 1.17 bits per heavy atom. The molecule has 0 saturated heterocycles. The lowest BCUT2D eigenvalue weighted by Crippen LogP contribution is -2.17. The number of carbonyl (C=O) groups excluding carboxylic acids is 1. The zero-order chi connectivity index (χ0) is 16.1. The molecule has 1 amide bonds. The van der Waals surface area contributed by atoms with Gasteiger partial charge >= 0.3 is 0 Å². The summed E-state index contributed by atoms with van der Waals surface area (Å²) in [6.07, 6.45) is 1.42. The third kappa shape index (κ3) is 4.52. The van der Waals surface area contributed by atoms with Gasteiger partial charge in [-0.25, -0.2) is 5.43 Å². The van der Waals surface area contributed by atoms with Crippen molar-refractivity contribution in [2.24, 2.45) is 5.10 Å². The Labute approximate surface area is 138 Å². The van der Waals surface area contributed by atoms with Crippen LogP contribution in [0.15, 0.2) is 41.5 Å². The third-order valence-corrected chi connectivity index (χ3v) is 2.81. The van der Waals surface area contributed by atoms with Crippen molar-refractivity contribution in [3.8, 4) is 23.0 Å². The number of rotatable bonds is 4. The molecule has 4 N–H and O–H groups in total. The van der Waals surface area contributed by atoms with Gasteiger partial charge in [-0.2, -0.15) is 5.10 Å². The number of aromatic hydroxyl groups is 3. The average molecular weight is 339 g/mol. The van der Waals surface area contributed by atoms with Gasteiger partial charge in [-0.05, 0) is 29.8 Å². The van der Waals surface area contributed by atoms with Crippen molar-refractivity contribution in [1.29, 1.82) is 0 Å². The maximum Gasteiger partial charge on any atom is 0.271 e. The standard InChI is InChI=1S/C15H14N2O5.ClH/c1-22-11-4-2-3-9(5-11)8-16-17-15(21)10-6-12(18)14(20)13(19)7-10;/h2-8,18-20H,1H3,(H,17,21);1H. The minimum Gasteiger partial charge on any atom is -0.504 e. The second kappa shape index (κ2) is 7.90. The molecule has 0 saturated carbocycles. The number of phenols is 3. The van der Waals surface area contributed by atoms with Crippen molar-refractivity contribution in [3.63, 3.8) is 0 Å². The minimum absolute atomic E-state index is 0. The molecule has 0 atom stereocenters. The van der Waals surface area contributed by atoms with Gasteiger partial charge in [-0.15, -0.1) is 12.4 Å². The molecule has 122 valence electrons. The van der Waals surface area contributed by atoms with Crippen LogP contribution in [0.5, 0.6) is 23.0 Å². The molecule has 0 unspecified atom stereocenters. The predicted octanol–water partition coefficient (Wildman–Crippen LogP) is 2.00. The predicted molar refractivity (Wildman–Crippen MR) is 86.7 cm³/mol. The highest BCUT2D eigenvalue weighted by Crippen LogP contribution is 2.35. The number of hydrogen-bond donors (Lipinski definition) is 4. The van der Waals surface area contributed by atoms with Crippen LogP contribution in [0, 0.1) is 0 Å². The topological polar surface area (TPSA) is 111 Å². The number of ether oxygens (including phenoxy) is 1. The number of nitrogens with zero attached hydrogens (tertiary/aromatic N) is 1. The smallest absolute Gasteiger partial charge is 0.271 e. The monoisotopic (exact) mass is 338 g/mol. The Bertz CT molecular complexity index is 711. The first-order chi connectivity index (χ1) is 10.5. The summed E-state index contributed by atoms with van der Waals surface area (Å²) in [6, 6.07) is 9.09. The highest BCUT2D eigenvalue weighted by molar-refractivity contribution is 5.96. The van der Waals surface area contributed by atoms with Crippen LogP contribution in [0.25, 0.3) is 0 Å². The molecular weight excluding hydrogens is 324 g/mol. The first-order valence-corrected chi connectivity index (χ1v) is 6.23. The molecule has 8 heteroatoms. The van der Waals surface area contributed by atoms with E-state index in [1.165, 1.54) is 6.21 Å². The third-order valence-electron chi connectivity index (χ3n) is 2.81. The molecule has 0 bridgehead atoms. The van der Waals surface area contributed by atoms with Gasteiger partial charge in [0.15, 0.2) is 17.2 Å². The summed E-state index contributed by atoms with van der Waals surface area (Å²) in [6.45, 7) is 0. The van der Waals surface area contributed by atoms with Crippen LogP contribution in [0.3, 0.4) is 0 Å². The highest BCUT2D eigenvalue weighted by Gasteiger charge is 2.12. The van der Waals surface area contributed by atoms with E-state index in [1.54, 1.807) is 31.4 Å². The average Bonchev–Trinajstić information content (AvgIpc) is 2.52. The van der Waals surface area contributed by atoms with Gasteiger partial charge < -0.3 is 20.1 Å². The number of phenolic OH excluding ortho intramolecular Hbond substituents is 3. The lowest BCUT2D eigenvalue weighted by atomic mass is 10.2. The molecule has 0 radical (unpaired) electrons. The molecular formula is C15H15ClN2O5. The van der Waals surface area contributed by atoms with Gasteiger partial charge in [0.25, 0.3) is 5.91 Å². The first kappa shape index (κ1) is 18.1. The van der Waals surface area contributed by atoms with Crippen molar-refractivity contribution >= 4 is 24.5 Å². The lowest BCUT2D eigenvalue weighted by molar-refractivity contribution is 0.0954. The van der Waals surface area contributed by atoms with Crippen LogP contribution in [0.2, 0.25) is 0 Å². The first-order valence-electron chi connectivity index (χ1n) is 6.23. The highest BCUT2D eigenvalue weighted by atomic mass is 35.5. The number of methoxy groups -OCH3 is 1. The summed E-state index contributed by atoms with van der Waals surface area (Å²) >= 11 is 0. The summed E-state index contributed by atoms with van der Waals surface area (Å²) in [5, 5.41) is 31.7. The maximum atomic E-state index is 11.8. The quantitative estimate of drug-likeness (QED) is 0.387. The van der Waals surface area contributed by atoms with E-state index in [4.69, 9.17) is 4.74 Å². The van der Waals surface area contributed by atoms with Crippen molar-refractivity contribution in [2.75, 3.05) is 7.11 Å². The van der Waals surface area contributed by atoms with Gasteiger partial charge in [-0.3, -0.25) is 4.79 Å². The van der Waals surface area contributed by atoms with E-state index in [-0.39, 0.29) is 18.0 Å². The zero-order valence-electron chi connectivity index (χ0n) is 12.1. The molecule has 7 nitrogen and oxygen atoms in total. The van der Waals surface area contributed by atoms with Crippen molar-refractivity contribution < 1.29 is 24.9 Å². The number of hydrazone groups is 1. The minimum atomic E-state index is -0.684. The van der Waals surface area contributed by atoms with Crippen LogP contribution in [-0.2, 0) is 0 Å². The molecule has 23 heavy (non-hydrogen) atoms. The number of amides is 1. The van der Waals surface area contributed by atoms with Crippen LogP contribution < -0.4 is 10.2 Å². The van der Waals surface area contributed by atoms with Gasteiger partial charge in [0.05, 0.1) is 13.3 Å². The Hall–Kier alpha value is -2.93. The van der Waals surface area contributed by atoms with Gasteiger partial charge in [0, 0.05) is 5.56 Å². The molecule has 2 aromatic rings. The van der Waals surface area contributed by atoms with E-state index in [1.807, 2.05) is 0 Å². The SMILES string of the molecule is COc1cccc(C=NNC(=O)c2cc(O)c(O)c(O)c2)c1.Cl. The molecule has 0 fully saturated rings. The van der Waals surface area contributed by atoms with E-state index < -0.39 is 23.2 Å². The Kier molecular flexibility index (Phi) is 6.23. The fourth-order valence-corrected chi connectivity index (χ4v) is 1.69. The van der Waals surface area contributed by atoms with Crippen molar-refractivity contribution in [1.82, 2.24) is 5.43 Å². The number of nitrogens with one attached hydrogen (secondary N) is 1. The second-order valence-electron chi connectivity index (χ2n) is 4.34. The van der Waals surface area contributed by atoms with Gasteiger partial charge in [0.1, 0.15) is 5.75 Å². The van der Waals surface area contributed by atoms with E-state index in [0.717, 1.165) is 17.7 Å². The molecule has 0 aliphatic carbocycles. The van der Waals surface area contributed by atoms with Crippen LogP contribution >= 0.6 is 12.4 Å². The molecule has 2 rings (SSSR count). The van der Waals surface area contributed by atoms with Gasteiger partial charge in [-0.1, -0.05) is 12.1 Å². The van der Waals surface area contributed by atoms with Crippen LogP contribution in [-0.4, -0.2) is 34.6 Å². The Morgan fingerprint density at radius 2 is 1.83 bits per heavy atom. The summed E-state index contributed by atoms with van der Waals surface area (Å²) in [7, 11) is 1.54. The Balaban J connectivity index is 0.00000264. The number of benzene rings is 2. The van der Waals surface area contributed by atoms with E-state index >= 15 is 0 Å². The summed E-state index contributed by atoms with van der Waals surface area (Å²) in [4.78, 5) is 11.8. The summed E-state index contributed by atoms with van der Waals surface area (Å²) in [5.41, 5.74) is 2.92. The van der Waals surface area contributed by atoms with E-state index in [2.05, 4.69) is 10.5 Å². The molecule has 0 aliphatic rings. The maximum absolute atomic E-state index is 11.8. The second-order valence-corrected chi connectivity index (χ2v) is 4.34. The number of carbonyl (C=O) groups is 1. The van der Waals surface area contributed by atoms with Crippen molar-refractivity contribution in [2.45, 2.75) is 0 Å². The fraction of sp³-hybridized carbons (Fsp3) is 0.0667.